The molecular weight excluding hydrogens is 244 g/mol. The maximum atomic E-state index is 11.5. The third kappa shape index (κ3) is 4.98. The second-order valence-corrected chi connectivity index (χ2v) is 5.29. The first-order valence-corrected chi connectivity index (χ1v) is 7.00. The van der Waals surface area contributed by atoms with Gasteiger partial charge in [0, 0.05) is 31.3 Å². The van der Waals surface area contributed by atoms with Crippen LogP contribution in [0, 0.1) is 0 Å². The van der Waals surface area contributed by atoms with Gasteiger partial charge in [-0.25, -0.2) is 0 Å². The van der Waals surface area contributed by atoms with Crippen molar-refractivity contribution in [2.45, 2.75) is 57.4 Å². The molecule has 19 heavy (non-hydrogen) atoms. The van der Waals surface area contributed by atoms with Crippen molar-refractivity contribution in [2.75, 3.05) is 6.54 Å². The van der Waals surface area contributed by atoms with Crippen molar-refractivity contribution in [2.24, 2.45) is 5.73 Å². The zero-order chi connectivity index (χ0) is 13.7. The van der Waals surface area contributed by atoms with E-state index in [4.69, 9.17) is 10.3 Å². The predicted octanol–water partition coefficient (Wildman–Crippen LogP) is 1.12. The maximum absolute atomic E-state index is 11.5. The Morgan fingerprint density at radius 1 is 1.58 bits per heavy atom. The van der Waals surface area contributed by atoms with Crippen molar-refractivity contribution in [3.63, 3.8) is 0 Å². The number of amides is 1. The third-order valence-corrected chi connectivity index (χ3v) is 3.14. The van der Waals surface area contributed by atoms with Crippen LogP contribution in [0.2, 0.25) is 0 Å². The van der Waals surface area contributed by atoms with Gasteiger partial charge in [0.05, 0.1) is 0 Å². The van der Waals surface area contributed by atoms with E-state index in [1.54, 1.807) is 0 Å². The Balaban J connectivity index is 1.58. The fourth-order valence-electron chi connectivity index (χ4n) is 1.80. The lowest BCUT2D eigenvalue weighted by Gasteiger charge is -2.06. The molecule has 1 atom stereocenters. The van der Waals surface area contributed by atoms with Crippen molar-refractivity contribution in [3.05, 3.63) is 11.7 Å². The van der Waals surface area contributed by atoms with E-state index < -0.39 is 0 Å². The molecule has 0 saturated heterocycles. The monoisotopic (exact) mass is 266 g/mol. The van der Waals surface area contributed by atoms with Crippen LogP contribution in [0.4, 0.5) is 0 Å². The molecule has 3 N–H and O–H groups in total. The Kier molecular flexibility index (Phi) is 4.90. The molecule has 1 unspecified atom stereocenters. The highest BCUT2D eigenvalue weighted by Crippen LogP contribution is 2.38. The summed E-state index contributed by atoms with van der Waals surface area (Å²) in [7, 11) is 0. The molecular formula is C13H22N4O2. The fourth-order valence-corrected chi connectivity index (χ4v) is 1.80. The number of nitrogens with two attached hydrogens (primary N) is 1. The SMILES string of the molecule is CC(N)CCNC(=O)CCCc1nc(C2CC2)no1. The second-order valence-electron chi connectivity index (χ2n) is 5.29. The Hall–Kier alpha value is -1.43. The number of aromatic nitrogens is 2. The number of hydrogen-bond acceptors (Lipinski definition) is 5. The number of aryl methyl sites for hydroxylation is 1. The summed E-state index contributed by atoms with van der Waals surface area (Å²) in [5.74, 6) is 2.04. The molecule has 0 bridgehead atoms. The van der Waals surface area contributed by atoms with Crippen molar-refractivity contribution in [1.82, 2.24) is 15.5 Å². The first kappa shape index (κ1) is 14.0. The summed E-state index contributed by atoms with van der Waals surface area (Å²) in [5.41, 5.74) is 5.61. The predicted molar refractivity (Wildman–Crippen MR) is 70.5 cm³/mol. The quantitative estimate of drug-likeness (QED) is 0.735. The third-order valence-electron chi connectivity index (χ3n) is 3.14. The molecule has 1 aliphatic carbocycles. The smallest absolute Gasteiger partial charge is 0.226 e. The van der Waals surface area contributed by atoms with Crippen molar-refractivity contribution >= 4 is 5.91 Å². The topological polar surface area (TPSA) is 94.0 Å². The molecule has 1 aromatic heterocycles. The minimum absolute atomic E-state index is 0.0579. The lowest BCUT2D eigenvalue weighted by molar-refractivity contribution is -0.121. The molecule has 6 heteroatoms. The summed E-state index contributed by atoms with van der Waals surface area (Å²) in [5, 5.41) is 6.79. The fraction of sp³-hybridized carbons (Fsp3) is 0.769. The molecule has 1 heterocycles. The van der Waals surface area contributed by atoms with E-state index in [0.29, 0.717) is 31.2 Å². The number of nitrogens with one attached hydrogen (secondary N) is 1. The van der Waals surface area contributed by atoms with Gasteiger partial charge in [0.2, 0.25) is 11.8 Å². The molecule has 0 aromatic carbocycles. The van der Waals surface area contributed by atoms with Crippen LogP contribution in [-0.4, -0.2) is 28.6 Å². The van der Waals surface area contributed by atoms with Crippen LogP contribution < -0.4 is 11.1 Å². The van der Waals surface area contributed by atoms with Crippen molar-refractivity contribution in [1.29, 1.82) is 0 Å². The van der Waals surface area contributed by atoms with Gasteiger partial charge in [-0.15, -0.1) is 0 Å². The van der Waals surface area contributed by atoms with Crippen LogP contribution >= 0.6 is 0 Å². The highest BCUT2D eigenvalue weighted by molar-refractivity contribution is 5.75. The van der Waals surface area contributed by atoms with E-state index in [9.17, 15) is 4.79 Å². The molecule has 1 amide bonds. The molecule has 2 rings (SSSR count). The van der Waals surface area contributed by atoms with Gasteiger partial charge in [-0.05, 0) is 32.6 Å². The van der Waals surface area contributed by atoms with E-state index in [-0.39, 0.29) is 11.9 Å². The molecule has 6 nitrogen and oxygen atoms in total. The van der Waals surface area contributed by atoms with Crippen LogP contribution in [0.3, 0.4) is 0 Å². The number of nitrogens with zero attached hydrogens (tertiary/aromatic N) is 2. The molecule has 0 radical (unpaired) electrons. The van der Waals surface area contributed by atoms with Crippen molar-refractivity contribution < 1.29 is 9.32 Å². The highest BCUT2D eigenvalue weighted by Gasteiger charge is 2.28. The summed E-state index contributed by atoms with van der Waals surface area (Å²) in [6.07, 6.45) is 5.03. The van der Waals surface area contributed by atoms with Crippen LogP contribution in [0.5, 0.6) is 0 Å². The first-order chi connectivity index (χ1) is 9.15. The summed E-state index contributed by atoms with van der Waals surface area (Å²) in [6, 6.07) is 0.125. The number of hydrogen-bond donors (Lipinski definition) is 2. The summed E-state index contributed by atoms with van der Waals surface area (Å²) >= 11 is 0. The van der Waals surface area contributed by atoms with Gasteiger partial charge < -0.3 is 15.6 Å². The van der Waals surface area contributed by atoms with E-state index in [1.165, 1.54) is 12.8 Å². The lowest BCUT2D eigenvalue weighted by Crippen LogP contribution is -2.28. The lowest BCUT2D eigenvalue weighted by atomic mass is 10.2. The van der Waals surface area contributed by atoms with Crippen LogP contribution in [0.1, 0.15) is 56.7 Å². The van der Waals surface area contributed by atoms with E-state index in [2.05, 4.69) is 15.5 Å². The van der Waals surface area contributed by atoms with Crippen LogP contribution in [-0.2, 0) is 11.2 Å². The van der Waals surface area contributed by atoms with E-state index in [0.717, 1.165) is 18.7 Å². The van der Waals surface area contributed by atoms with E-state index in [1.807, 2.05) is 6.92 Å². The van der Waals surface area contributed by atoms with Gasteiger partial charge in [0.1, 0.15) is 0 Å². The Morgan fingerprint density at radius 3 is 3.05 bits per heavy atom. The molecule has 0 aliphatic heterocycles. The number of carbonyl (C=O) groups excluding carboxylic acids is 1. The largest absolute Gasteiger partial charge is 0.356 e. The van der Waals surface area contributed by atoms with Crippen LogP contribution in [0.25, 0.3) is 0 Å². The minimum atomic E-state index is 0.0579. The molecule has 106 valence electrons. The Labute approximate surface area is 113 Å². The van der Waals surface area contributed by atoms with Gasteiger partial charge in [-0.2, -0.15) is 4.98 Å². The first-order valence-electron chi connectivity index (χ1n) is 7.00. The van der Waals surface area contributed by atoms with Crippen molar-refractivity contribution in [3.8, 4) is 0 Å². The average Bonchev–Trinajstić information content (AvgIpc) is 3.10. The molecule has 1 aliphatic rings. The summed E-state index contributed by atoms with van der Waals surface area (Å²) in [4.78, 5) is 15.8. The maximum Gasteiger partial charge on any atom is 0.226 e. The molecule has 1 saturated carbocycles. The van der Waals surface area contributed by atoms with Crippen LogP contribution in [0.15, 0.2) is 4.52 Å². The van der Waals surface area contributed by atoms with Gasteiger partial charge >= 0.3 is 0 Å². The van der Waals surface area contributed by atoms with Gasteiger partial charge in [0.15, 0.2) is 5.82 Å². The van der Waals surface area contributed by atoms with Gasteiger partial charge in [-0.3, -0.25) is 4.79 Å². The highest BCUT2D eigenvalue weighted by atomic mass is 16.5. The normalized spacial score (nSPS) is 16.3. The Morgan fingerprint density at radius 2 is 2.37 bits per heavy atom. The second kappa shape index (κ2) is 6.65. The molecule has 1 fully saturated rings. The Bertz CT molecular complexity index is 413. The minimum Gasteiger partial charge on any atom is -0.356 e. The number of rotatable bonds is 8. The zero-order valence-corrected chi connectivity index (χ0v) is 11.4. The molecule has 0 spiro atoms. The average molecular weight is 266 g/mol. The summed E-state index contributed by atoms with van der Waals surface area (Å²) < 4.78 is 5.15. The van der Waals surface area contributed by atoms with E-state index >= 15 is 0 Å². The number of carbonyl (C=O) groups is 1. The molecule has 1 aromatic rings. The van der Waals surface area contributed by atoms with Gasteiger partial charge in [-0.1, -0.05) is 5.16 Å². The van der Waals surface area contributed by atoms with Gasteiger partial charge in [0.25, 0.3) is 0 Å². The zero-order valence-electron chi connectivity index (χ0n) is 11.4. The standard InChI is InChI=1S/C13H22N4O2/c1-9(14)7-8-15-11(18)3-2-4-12-16-13(17-19-12)10-5-6-10/h9-10H,2-8,14H2,1H3,(H,15,18). The summed E-state index contributed by atoms with van der Waals surface area (Å²) in [6.45, 7) is 2.57.